The molecule has 2 aromatic heterocycles. The molecule has 0 aliphatic carbocycles. The lowest BCUT2D eigenvalue weighted by molar-refractivity contribution is 0.318. The third-order valence-corrected chi connectivity index (χ3v) is 4.76. The summed E-state index contributed by atoms with van der Waals surface area (Å²) in [5.41, 5.74) is 14.1. The van der Waals surface area contributed by atoms with Crippen molar-refractivity contribution in [1.82, 2.24) is 4.98 Å². The minimum Gasteiger partial charge on any atom is -0.409 e. The van der Waals surface area contributed by atoms with Crippen LogP contribution in [0.1, 0.15) is 11.1 Å². The van der Waals surface area contributed by atoms with Gasteiger partial charge in [-0.3, -0.25) is 4.98 Å². The Morgan fingerprint density at radius 3 is 2.00 bits per heavy atom. The fourth-order valence-electron chi connectivity index (χ4n) is 2.24. The van der Waals surface area contributed by atoms with Crippen molar-refractivity contribution in [3.8, 4) is 21.0 Å². The van der Waals surface area contributed by atoms with Gasteiger partial charge < -0.3 is 21.9 Å². The van der Waals surface area contributed by atoms with E-state index >= 15 is 0 Å². The SMILES string of the molecule is N/C(=N\O)c1ccc(-c2ccc(-c3ccc(/C(N)=N/O)cn3)s2)cc1. The van der Waals surface area contributed by atoms with Crippen LogP contribution < -0.4 is 11.5 Å². The Morgan fingerprint density at radius 1 is 0.800 bits per heavy atom. The van der Waals surface area contributed by atoms with E-state index in [0.29, 0.717) is 11.1 Å². The normalized spacial score (nSPS) is 12.3. The highest BCUT2D eigenvalue weighted by molar-refractivity contribution is 7.18. The average molecular weight is 353 g/mol. The van der Waals surface area contributed by atoms with Gasteiger partial charge in [0.05, 0.1) is 10.6 Å². The van der Waals surface area contributed by atoms with Gasteiger partial charge >= 0.3 is 0 Å². The first-order chi connectivity index (χ1) is 12.1. The molecule has 0 radical (unpaired) electrons. The van der Waals surface area contributed by atoms with E-state index < -0.39 is 0 Å². The maximum Gasteiger partial charge on any atom is 0.171 e. The summed E-state index contributed by atoms with van der Waals surface area (Å²) in [6.45, 7) is 0. The Hall–Kier alpha value is -3.39. The van der Waals surface area contributed by atoms with E-state index in [0.717, 1.165) is 21.0 Å². The monoisotopic (exact) mass is 353 g/mol. The second-order valence-electron chi connectivity index (χ2n) is 5.14. The van der Waals surface area contributed by atoms with Crippen LogP contribution in [0.25, 0.3) is 21.0 Å². The number of benzene rings is 1. The Morgan fingerprint density at radius 2 is 1.40 bits per heavy atom. The van der Waals surface area contributed by atoms with Crippen molar-refractivity contribution in [3.63, 3.8) is 0 Å². The van der Waals surface area contributed by atoms with Crippen molar-refractivity contribution in [2.24, 2.45) is 21.8 Å². The van der Waals surface area contributed by atoms with Crippen molar-refractivity contribution in [1.29, 1.82) is 0 Å². The third-order valence-electron chi connectivity index (χ3n) is 3.60. The molecule has 126 valence electrons. The number of hydrogen-bond donors (Lipinski definition) is 4. The maximum absolute atomic E-state index is 8.70. The summed E-state index contributed by atoms with van der Waals surface area (Å²) < 4.78 is 0. The van der Waals surface area contributed by atoms with Crippen LogP contribution in [-0.2, 0) is 0 Å². The number of amidine groups is 2. The van der Waals surface area contributed by atoms with Crippen LogP contribution in [-0.4, -0.2) is 27.1 Å². The summed E-state index contributed by atoms with van der Waals surface area (Å²) in [6, 6.07) is 15.0. The van der Waals surface area contributed by atoms with Crippen LogP contribution in [0.2, 0.25) is 0 Å². The molecule has 0 amide bonds. The van der Waals surface area contributed by atoms with Gasteiger partial charge in [-0.2, -0.15) is 0 Å². The van der Waals surface area contributed by atoms with Crippen LogP contribution >= 0.6 is 11.3 Å². The largest absolute Gasteiger partial charge is 0.409 e. The van der Waals surface area contributed by atoms with E-state index in [1.165, 1.54) is 0 Å². The average Bonchev–Trinajstić information content (AvgIpc) is 3.17. The van der Waals surface area contributed by atoms with E-state index in [9.17, 15) is 0 Å². The molecular weight excluding hydrogens is 338 g/mol. The highest BCUT2D eigenvalue weighted by atomic mass is 32.1. The predicted molar refractivity (Wildman–Crippen MR) is 98.0 cm³/mol. The number of hydrogen-bond acceptors (Lipinski definition) is 6. The number of pyridine rings is 1. The van der Waals surface area contributed by atoms with E-state index in [1.807, 2.05) is 30.3 Å². The molecule has 25 heavy (non-hydrogen) atoms. The minimum absolute atomic E-state index is 0.0247. The molecule has 0 aliphatic heterocycles. The first kappa shape index (κ1) is 16.5. The fourth-order valence-corrected chi connectivity index (χ4v) is 3.23. The topological polar surface area (TPSA) is 130 Å². The highest BCUT2D eigenvalue weighted by Gasteiger charge is 2.08. The van der Waals surface area contributed by atoms with Gasteiger partial charge in [0.15, 0.2) is 11.7 Å². The molecule has 0 bridgehead atoms. The smallest absolute Gasteiger partial charge is 0.171 e. The molecule has 2 heterocycles. The van der Waals surface area contributed by atoms with Gasteiger partial charge in [-0.1, -0.05) is 34.6 Å². The Kier molecular flexibility index (Phi) is 4.62. The molecule has 0 unspecified atom stereocenters. The maximum atomic E-state index is 8.70. The van der Waals surface area contributed by atoms with Crippen LogP contribution in [0.15, 0.2) is 65.0 Å². The highest BCUT2D eigenvalue weighted by Crippen LogP contribution is 2.33. The molecule has 0 saturated heterocycles. The van der Waals surface area contributed by atoms with Gasteiger partial charge in [-0.25, -0.2) is 0 Å². The molecule has 7 nitrogen and oxygen atoms in total. The molecule has 0 atom stereocenters. The molecule has 6 N–H and O–H groups in total. The molecular formula is C17H15N5O2S. The van der Waals surface area contributed by atoms with E-state index in [4.69, 9.17) is 21.9 Å². The second-order valence-corrected chi connectivity index (χ2v) is 6.23. The molecule has 1 aromatic carbocycles. The van der Waals surface area contributed by atoms with Gasteiger partial charge in [0.25, 0.3) is 0 Å². The van der Waals surface area contributed by atoms with Gasteiger partial charge in [0, 0.05) is 22.2 Å². The van der Waals surface area contributed by atoms with Crippen LogP contribution in [0.5, 0.6) is 0 Å². The number of thiophene rings is 1. The van der Waals surface area contributed by atoms with Gasteiger partial charge in [0.1, 0.15) is 0 Å². The summed E-state index contributed by atoms with van der Waals surface area (Å²) >= 11 is 1.59. The zero-order valence-corrected chi connectivity index (χ0v) is 13.8. The Labute approximate surface area is 147 Å². The van der Waals surface area contributed by atoms with Gasteiger partial charge in [0.2, 0.25) is 0 Å². The summed E-state index contributed by atoms with van der Waals surface area (Å²) in [4.78, 5) is 6.43. The van der Waals surface area contributed by atoms with E-state index in [2.05, 4.69) is 15.3 Å². The van der Waals surface area contributed by atoms with E-state index in [-0.39, 0.29) is 11.7 Å². The van der Waals surface area contributed by atoms with Crippen LogP contribution in [0, 0.1) is 0 Å². The molecule has 0 spiro atoms. The molecule has 0 aliphatic rings. The summed E-state index contributed by atoms with van der Waals surface area (Å²) in [7, 11) is 0. The zero-order chi connectivity index (χ0) is 17.8. The van der Waals surface area contributed by atoms with Crippen LogP contribution in [0.4, 0.5) is 0 Å². The van der Waals surface area contributed by atoms with Gasteiger partial charge in [-0.15, -0.1) is 11.3 Å². The summed E-state index contributed by atoms with van der Waals surface area (Å²) in [6.07, 6.45) is 1.57. The Balaban J connectivity index is 1.85. The predicted octanol–water partition coefficient (Wildman–Crippen LogP) is 2.67. The summed E-state index contributed by atoms with van der Waals surface area (Å²) in [5, 5.41) is 23.3. The number of aromatic nitrogens is 1. The van der Waals surface area contributed by atoms with Crippen molar-refractivity contribution < 1.29 is 10.4 Å². The molecule has 3 aromatic rings. The Bertz CT molecular complexity index is 854. The van der Waals surface area contributed by atoms with Crippen LogP contribution in [0.3, 0.4) is 0 Å². The first-order valence-electron chi connectivity index (χ1n) is 7.25. The fraction of sp³-hybridized carbons (Fsp3) is 0. The second kappa shape index (κ2) is 7.02. The number of nitrogens with zero attached hydrogens (tertiary/aromatic N) is 3. The third kappa shape index (κ3) is 3.43. The molecule has 0 fully saturated rings. The van der Waals surface area contributed by atoms with Crippen molar-refractivity contribution in [3.05, 3.63) is 65.9 Å². The van der Waals surface area contributed by atoms with Gasteiger partial charge in [-0.05, 0) is 29.8 Å². The lowest BCUT2D eigenvalue weighted by atomic mass is 10.1. The number of rotatable bonds is 4. The number of nitrogens with two attached hydrogens (primary N) is 2. The lowest BCUT2D eigenvalue weighted by Crippen LogP contribution is -2.13. The minimum atomic E-state index is 0.0247. The quantitative estimate of drug-likeness (QED) is 0.248. The van der Waals surface area contributed by atoms with Crippen molar-refractivity contribution in [2.45, 2.75) is 0 Å². The lowest BCUT2D eigenvalue weighted by Gasteiger charge is -2.01. The first-order valence-corrected chi connectivity index (χ1v) is 8.06. The van der Waals surface area contributed by atoms with Crippen molar-refractivity contribution >= 4 is 23.0 Å². The summed E-state index contributed by atoms with van der Waals surface area (Å²) in [5.74, 6) is 0.102. The van der Waals surface area contributed by atoms with E-state index in [1.54, 1.807) is 35.7 Å². The number of oxime groups is 2. The zero-order valence-electron chi connectivity index (χ0n) is 13.0. The standard InChI is InChI=1S/C17H15N5O2S/c18-16(21-23)11-3-1-10(2-4-11)14-7-8-15(25-14)13-6-5-12(9-20-13)17(19)22-24/h1-9,23-24H,(H2,18,21)(H2,19,22). The molecule has 8 heteroatoms. The van der Waals surface area contributed by atoms with Crippen molar-refractivity contribution in [2.75, 3.05) is 0 Å². The molecule has 0 saturated carbocycles. The molecule has 3 rings (SSSR count).